The average Bonchev–Trinajstić information content (AvgIpc) is 2.19. The molecule has 1 N–H and O–H groups in total. The van der Waals surface area contributed by atoms with E-state index in [0.717, 1.165) is 32.2 Å². The van der Waals surface area contributed by atoms with Crippen LogP contribution in [0.4, 0.5) is 0 Å². The minimum Gasteiger partial charge on any atom is -0.463 e. The van der Waals surface area contributed by atoms with Gasteiger partial charge in [0.25, 0.3) is 0 Å². The highest BCUT2D eigenvalue weighted by Crippen LogP contribution is 2.23. The standard InChI is InChI=1S/C10H17NO3/c12-9-3-1-8(2-4-9)11-5-6-14-10(13)7-11/h8-9,12H,1-7H2. The number of hydrogen-bond acceptors (Lipinski definition) is 4. The zero-order chi connectivity index (χ0) is 9.97. The minimum absolute atomic E-state index is 0.109. The fourth-order valence-corrected chi connectivity index (χ4v) is 2.30. The molecule has 1 aliphatic heterocycles. The van der Waals surface area contributed by atoms with Gasteiger partial charge in [-0.05, 0) is 25.7 Å². The number of nitrogens with zero attached hydrogens (tertiary/aromatic N) is 1. The molecule has 0 atom stereocenters. The molecule has 80 valence electrons. The molecule has 1 aliphatic carbocycles. The summed E-state index contributed by atoms with van der Waals surface area (Å²) >= 11 is 0. The number of hydrogen-bond donors (Lipinski definition) is 1. The van der Waals surface area contributed by atoms with E-state index in [0.29, 0.717) is 19.2 Å². The summed E-state index contributed by atoms with van der Waals surface area (Å²) in [6, 6.07) is 0.478. The third kappa shape index (κ3) is 2.25. The fraction of sp³-hybridized carbons (Fsp3) is 0.900. The molecule has 2 fully saturated rings. The maximum absolute atomic E-state index is 11.1. The molecule has 0 radical (unpaired) electrons. The lowest BCUT2D eigenvalue weighted by Gasteiger charge is -2.36. The SMILES string of the molecule is O=C1CN(C2CCC(O)CC2)CCO1. The molecule has 0 bridgehead atoms. The molecule has 0 unspecified atom stereocenters. The van der Waals surface area contributed by atoms with Crippen molar-refractivity contribution < 1.29 is 14.6 Å². The van der Waals surface area contributed by atoms with Gasteiger partial charge in [0.05, 0.1) is 12.6 Å². The smallest absolute Gasteiger partial charge is 0.320 e. The largest absolute Gasteiger partial charge is 0.463 e. The molecule has 1 heterocycles. The molecule has 0 spiro atoms. The van der Waals surface area contributed by atoms with E-state index in [-0.39, 0.29) is 12.1 Å². The van der Waals surface area contributed by atoms with Gasteiger partial charge in [0.2, 0.25) is 0 Å². The van der Waals surface area contributed by atoms with Gasteiger partial charge >= 0.3 is 5.97 Å². The van der Waals surface area contributed by atoms with Gasteiger partial charge in [-0.15, -0.1) is 0 Å². The predicted octanol–water partition coefficient (Wildman–Crippen LogP) is 0.149. The molecule has 14 heavy (non-hydrogen) atoms. The molecule has 2 rings (SSSR count). The molecule has 4 heteroatoms. The van der Waals surface area contributed by atoms with Crippen LogP contribution in [0.1, 0.15) is 25.7 Å². The van der Waals surface area contributed by atoms with E-state index >= 15 is 0 Å². The summed E-state index contributed by atoms with van der Waals surface area (Å²) in [5.74, 6) is -0.109. The third-order valence-corrected chi connectivity index (χ3v) is 3.16. The van der Waals surface area contributed by atoms with E-state index < -0.39 is 0 Å². The number of carbonyl (C=O) groups excluding carboxylic acids is 1. The maximum Gasteiger partial charge on any atom is 0.320 e. The number of rotatable bonds is 1. The maximum atomic E-state index is 11.1. The van der Waals surface area contributed by atoms with Crippen molar-refractivity contribution in [2.75, 3.05) is 19.7 Å². The number of esters is 1. The van der Waals surface area contributed by atoms with Gasteiger partial charge < -0.3 is 9.84 Å². The van der Waals surface area contributed by atoms with Gasteiger partial charge in [0, 0.05) is 12.6 Å². The van der Waals surface area contributed by atoms with E-state index in [1.807, 2.05) is 0 Å². The van der Waals surface area contributed by atoms with Crippen molar-refractivity contribution in [3.8, 4) is 0 Å². The summed E-state index contributed by atoms with van der Waals surface area (Å²) in [4.78, 5) is 13.3. The molecular formula is C10H17NO3. The Morgan fingerprint density at radius 3 is 2.64 bits per heavy atom. The molecule has 4 nitrogen and oxygen atoms in total. The number of aliphatic hydroxyl groups is 1. The van der Waals surface area contributed by atoms with E-state index in [9.17, 15) is 9.90 Å². The lowest BCUT2D eigenvalue weighted by atomic mass is 9.92. The van der Waals surface area contributed by atoms with Crippen molar-refractivity contribution in [3.63, 3.8) is 0 Å². The van der Waals surface area contributed by atoms with Gasteiger partial charge in [-0.1, -0.05) is 0 Å². The number of aliphatic hydroxyl groups excluding tert-OH is 1. The summed E-state index contributed by atoms with van der Waals surface area (Å²) in [6.45, 7) is 1.81. The fourth-order valence-electron chi connectivity index (χ4n) is 2.30. The Morgan fingerprint density at radius 1 is 1.29 bits per heavy atom. The van der Waals surface area contributed by atoms with Gasteiger partial charge in [0.15, 0.2) is 0 Å². The van der Waals surface area contributed by atoms with Crippen LogP contribution in [0.5, 0.6) is 0 Å². The van der Waals surface area contributed by atoms with Crippen LogP contribution in [0.25, 0.3) is 0 Å². The van der Waals surface area contributed by atoms with E-state index in [2.05, 4.69) is 4.90 Å². The Hall–Kier alpha value is -0.610. The number of ether oxygens (including phenoxy) is 1. The van der Waals surface area contributed by atoms with Gasteiger partial charge in [-0.25, -0.2) is 0 Å². The first-order chi connectivity index (χ1) is 6.75. The summed E-state index contributed by atoms with van der Waals surface area (Å²) in [5, 5.41) is 9.37. The molecule has 0 aromatic carbocycles. The Balaban J connectivity index is 1.85. The van der Waals surface area contributed by atoms with E-state index in [1.54, 1.807) is 0 Å². The monoisotopic (exact) mass is 199 g/mol. The topological polar surface area (TPSA) is 49.8 Å². The summed E-state index contributed by atoms with van der Waals surface area (Å²) in [6.07, 6.45) is 3.64. The lowest BCUT2D eigenvalue weighted by Crippen LogP contribution is -2.47. The van der Waals surface area contributed by atoms with Crippen LogP contribution in [-0.2, 0) is 9.53 Å². The highest BCUT2D eigenvalue weighted by atomic mass is 16.5. The minimum atomic E-state index is -0.122. The molecular weight excluding hydrogens is 182 g/mol. The number of carbonyl (C=O) groups is 1. The van der Waals surface area contributed by atoms with Crippen LogP contribution in [0.2, 0.25) is 0 Å². The van der Waals surface area contributed by atoms with Gasteiger partial charge in [-0.3, -0.25) is 9.69 Å². The van der Waals surface area contributed by atoms with E-state index in [4.69, 9.17) is 4.74 Å². The molecule has 2 aliphatic rings. The van der Waals surface area contributed by atoms with Crippen molar-refractivity contribution in [1.82, 2.24) is 4.90 Å². The van der Waals surface area contributed by atoms with Crippen molar-refractivity contribution in [1.29, 1.82) is 0 Å². The summed E-state index contributed by atoms with van der Waals surface area (Å²) in [7, 11) is 0. The van der Waals surface area contributed by atoms with Crippen LogP contribution in [0.15, 0.2) is 0 Å². The van der Waals surface area contributed by atoms with Crippen LogP contribution < -0.4 is 0 Å². The van der Waals surface area contributed by atoms with Crippen LogP contribution >= 0.6 is 0 Å². The van der Waals surface area contributed by atoms with Crippen LogP contribution in [0.3, 0.4) is 0 Å². The predicted molar refractivity (Wildman–Crippen MR) is 50.8 cm³/mol. The van der Waals surface area contributed by atoms with Crippen molar-refractivity contribution in [3.05, 3.63) is 0 Å². The highest BCUT2D eigenvalue weighted by Gasteiger charge is 2.28. The number of morpholine rings is 1. The van der Waals surface area contributed by atoms with Gasteiger partial charge in [-0.2, -0.15) is 0 Å². The van der Waals surface area contributed by atoms with Crippen molar-refractivity contribution in [2.24, 2.45) is 0 Å². The zero-order valence-corrected chi connectivity index (χ0v) is 8.32. The Bertz CT molecular complexity index is 211. The van der Waals surface area contributed by atoms with Crippen molar-refractivity contribution in [2.45, 2.75) is 37.8 Å². The lowest BCUT2D eigenvalue weighted by molar-refractivity contribution is -0.152. The quantitative estimate of drug-likeness (QED) is 0.611. The zero-order valence-electron chi connectivity index (χ0n) is 8.32. The average molecular weight is 199 g/mol. The second kappa shape index (κ2) is 4.28. The third-order valence-electron chi connectivity index (χ3n) is 3.16. The first kappa shape index (κ1) is 9.93. The van der Waals surface area contributed by atoms with E-state index in [1.165, 1.54) is 0 Å². The van der Waals surface area contributed by atoms with Crippen molar-refractivity contribution >= 4 is 5.97 Å². The summed E-state index contributed by atoms with van der Waals surface area (Å²) in [5.41, 5.74) is 0. The van der Waals surface area contributed by atoms with Crippen LogP contribution in [-0.4, -0.2) is 47.8 Å². The molecule has 0 amide bonds. The first-order valence-electron chi connectivity index (χ1n) is 5.33. The second-order valence-electron chi connectivity index (χ2n) is 4.15. The Kier molecular flexibility index (Phi) is 3.03. The highest BCUT2D eigenvalue weighted by molar-refractivity contribution is 5.72. The molecule has 1 saturated heterocycles. The molecule has 0 aromatic heterocycles. The first-order valence-corrected chi connectivity index (χ1v) is 5.33. The second-order valence-corrected chi connectivity index (χ2v) is 4.15. The Morgan fingerprint density at radius 2 is 2.00 bits per heavy atom. The number of cyclic esters (lactones) is 1. The summed E-state index contributed by atoms with van der Waals surface area (Å²) < 4.78 is 4.89. The molecule has 0 aromatic rings. The Labute approximate surface area is 83.8 Å². The normalized spacial score (nSPS) is 35.4. The molecule has 1 saturated carbocycles. The van der Waals surface area contributed by atoms with Crippen LogP contribution in [0, 0.1) is 0 Å². The van der Waals surface area contributed by atoms with Gasteiger partial charge in [0.1, 0.15) is 6.61 Å².